The van der Waals surface area contributed by atoms with E-state index in [0.29, 0.717) is 6.42 Å². The molecule has 0 bridgehead atoms. The van der Waals surface area contributed by atoms with Gasteiger partial charge in [-0.2, -0.15) is 0 Å². The van der Waals surface area contributed by atoms with Gasteiger partial charge in [0, 0.05) is 12.9 Å². The summed E-state index contributed by atoms with van der Waals surface area (Å²) in [6.45, 7) is 2.74. The minimum Gasteiger partial charge on any atom is -0.550 e. The number of imidazole rings is 1. The molecule has 0 unspecified atom stereocenters. The van der Waals surface area contributed by atoms with Crippen LogP contribution < -0.4 is 9.67 Å². The van der Waals surface area contributed by atoms with E-state index in [1.807, 2.05) is 35.5 Å². The first-order valence-electron chi connectivity index (χ1n) is 4.32. The fourth-order valence-corrected chi connectivity index (χ4v) is 1.23. The van der Waals surface area contributed by atoms with E-state index in [1.165, 1.54) is 0 Å². The Morgan fingerprint density at radius 3 is 2.85 bits per heavy atom. The van der Waals surface area contributed by atoms with E-state index >= 15 is 0 Å². The van der Waals surface area contributed by atoms with Crippen molar-refractivity contribution in [3.05, 3.63) is 18.2 Å². The van der Waals surface area contributed by atoms with Crippen molar-refractivity contribution in [3.63, 3.8) is 0 Å². The van der Waals surface area contributed by atoms with Crippen LogP contribution in [0, 0.1) is 6.92 Å². The number of rotatable bonds is 4. The van der Waals surface area contributed by atoms with Crippen LogP contribution in [-0.2, 0) is 18.4 Å². The van der Waals surface area contributed by atoms with Gasteiger partial charge in [0.25, 0.3) is 5.82 Å². The Morgan fingerprint density at radius 2 is 2.38 bits per heavy atom. The highest BCUT2D eigenvalue weighted by Crippen LogP contribution is 1.97. The maximum absolute atomic E-state index is 10.2. The van der Waals surface area contributed by atoms with Gasteiger partial charge in [-0.15, -0.1) is 0 Å². The zero-order valence-electron chi connectivity index (χ0n) is 7.99. The fourth-order valence-electron chi connectivity index (χ4n) is 1.23. The smallest absolute Gasteiger partial charge is 0.253 e. The lowest BCUT2D eigenvalue weighted by Crippen LogP contribution is -2.29. The van der Waals surface area contributed by atoms with E-state index < -0.39 is 5.97 Å². The van der Waals surface area contributed by atoms with E-state index in [0.717, 1.165) is 12.4 Å². The van der Waals surface area contributed by atoms with Crippen LogP contribution in [0.4, 0.5) is 0 Å². The van der Waals surface area contributed by atoms with Crippen molar-refractivity contribution in [2.75, 3.05) is 0 Å². The van der Waals surface area contributed by atoms with Crippen molar-refractivity contribution in [1.29, 1.82) is 0 Å². The first-order chi connectivity index (χ1) is 6.11. The summed E-state index contributed by atoms with van der Waals surface area (Å²) in [4.78, 5) is 10.2. The Hall–Kier alpha value is -1.32. The zero-order chi connectivity index (χ0) is 9.84. The molecule has 1 aromatic heterocycles. The second kappa shape index (κ2) is 4.07. The van der Waals surface area contributed by atoms with Gasteiger partial charge in [0.2, 0.25) is 0 Å². The van der Waals surface area contributed by atoms with Gasteiger partial charge in [-0.3, -0.25) is 0 Å². The molecule has 13 heavy (non-hydrogen) atoms. The number of aliphatic carboxylic acids is 1. The molecule has 0 aromatic carbocycles. The number of hydrogen-bond acceptors (Lipinski definition) is 2. The molecule has 0 N–H and O–H groups in total. The van der Waals surface area contributed by atoms with Gasteiger partial charge in [0.15, 0.2) is 0 Å². The van der Waals surface area contributed by atoms with Gasteiger partial charge >= 0.3 is 0 Å². The molecule has 1 rings (SSSR count). The molecule has 0 spiro atoms. The van der Waals surface area contributed by atoms with Crippen molar-refractivity contribution in [2.45, 2.75) is 26.3 Å². The lowest BCUT2D eigenvalue weighted by Gasteiger charge is -2.00. The first-order valence-corrected chi connectivity index (χ1v) is 4.32. The molecule has 0 atom stereocenters. The Kier molecular flexibility index (Phi) is 3.06. The Morgan fingerprint density at radius 1 is 1.69 bits per heavy atom. The Bertz CT molecular complexity index is 305. The second-order valence-corrected chi connectivity index (χ2v) is 3.13. The number of carbonyl (C=O) groups is 1. The normalized spacial score (nSPS) is 10.3. The first kappa shape index (κ1) is 9.77. The highest BCUT2D eigenvalue weighted by atomic mass is 16.4. The van der Waals surface area contributed by atoms with Crippen LogP contribution in [0.15, 0.2) is 12.4 Å². The van der Waals surface area contributed by atoms with Crippen LogP contribution in [0.5, 0.6) is 0 Å². The topological polar surface area (TPSA) is 48.9 Å². The molecule has 4 nitrogen and oxygen atoms in total. The SMILES string of the molecule is Cc1n(CCCC(=O)[O-])cc[n+]1C. The number of carboxylic acids is 1. The summed E-state index contributed by atoms with van der Waals surface area (Å²) in [5.41, 5.74) is 0. The van der Waals surface area contributed by atoms with Crippen LogP contribution in [0.2, 0.25) is 0 Å². The standard InChI is InChI=1S/C9H14N2O2/c1-8-10(2)6-7-11(8)5-3-4-9(12)13/h6-7H,3-5H2,1-2H3. The summed E-state index contributed by atoms with van der Waals surface area (Å²) in [5.74, 6) is 0.146. The summed E-state index contributed by atoms with van der Waals surface area (Å²) in [7, 11) is 1.96. The maximum atomic E-state index is 10.2. The number of carbonyl (C=O) groups excluding carboxylic acids is 1. The van der Waals surface area contributed by atoms with E-state index in [4.69, 9.17) is 0 Å². The monoisotopic (exact) mass is 182 g/mol. The summed E-state index contributed by atoms with van der Waals surface area (Å²) in [6.07, 6.45) is 4.65. The summed E-state index contributed by atoms with van der Waals surface area (Å²) >= 11 is 0. The fraction of sp³-hybridized carbons (Fsp3) is 0.556. The summed E-state index contributed by atoms with van der Waals surface area (Å²) in [6, 6.07) is 0. The van der Waals surface area contributed by atoms with Crippen molar-refractivity contribution in [2.24, 2.45) is 7.05 Å². The molecule has 1 aromatic rings. The van der Waals surface area contributed by atoms with Crippen molar-refractivity contribution >= 4 is 5.97 Å². The van der Waals surface area contributed by atoms with E-state index in [1.54, 1.807) is 0 Å². The van der Waals surface area contributed by atoms with Gasteiger partial charge in [-0.1, -0.05) is 0 Å². The van der Waals surface area contributed by atoms with Crippen molar-refractivity contribution in [3.8, 4) is 0 Å². The van der Waals surface area contributed by atoms with Crippen LogP contribution >= 0.6 is 0 Å². The van der Waals surface area contributed by atoms with E-state index in [9.17, 15) is 9.90 Å². The third-order valence-electron chi connectivity index (χ3n) is 2.18. The largest absolute Gasteiger partial charge is 0.550 e. The van der Waals surface area contributed by atoms with Crippen molar-refractivity contribution in [1.82, 2.24) is 4.57 Å². The number of aromatic nitrogens is 2. The van der Waals surface area contributed by atoms with E-state index in [-0.39, 0.29) is 6.42 Å². The predicted molar refractivity (Wildman–Crippen MR) is 44.6 cm³/mol. The molecule has 0 aliphatic carbocycles. The second-order valence-electron chi connectivity index (χ2n) is 3.13. The number of hydrogen-bond donors (Lipinski definition) is 0. The highest BCUT2D eigenvalue weighted by molar-refractivity contribution is 5.63. The molecular weight excluding hydrogens is 168 g/mol. The minimum absolute atomic E-state index is 0.126. The van der Waals surface area contributed by atoms with Crippen LogP contribution in [0.25, 0.3) is 0 Å². The summed E-state index contributed by atoms with van der Waals surface area (Å²) in [5, 5.41) is 10.2. The average molecular weight is 182 g/mol. The minimum atomic E-state index is -0.978. The zero-order valence-corrected chi connectivity index (χ0v) is 7.99. The molecule has 0 aliphatic rings. The van der Waals surface area contributed by atoms with Gasteiger partial charge in [0.05, 0.1) is 13.6 Å². The van der Waals surface area contributed by atoms with Crippen LogP contribution in [-0.4, -0.2) is 10.5 Å². The molecule has 0 fully saturated rings. The van der Waals surface area contributed by atoms with E-state index in [2.05, 4.69) is 0 Å². The number of nitrogens with zero attached hydrogens (tertiary/aromatic N) is 2. The Labute approximate surface area is 77.4 Å². The summed E-state index contributed by atoms with van der Waals surface area (Å²) < 4.78 is 4.03. The quantitative estimate of drug-likeness (QED) is 0.569. The van der Waals surface area contributed by atoms with Gasteiger partial charge < -0.3 is 9.90 Å². The molecular formula is C9H14N2O2. The van der Waals surface area contributed by atoms with Gasteiger partial charge in [0.1, 0.15) is 12.4 Å². The van der Waals surface area contributed by atoms with Crippen molar-refractivity contribution < 1.29 is 14.5 Å². The lowest BCUT2D eigenvalue weighted by molar-refractivity contribution is -0.677. The predicted octanol–water partition coefficient (Wildman–Crippen LogP) is -0.849. The van der Waals surface area contributed by atoms with Crippen LogP contribution in [0.3, 0.4) is 0 Å². The Balaban J connectivity index is 2.45. The van der Waals surface area contributed by atoms with Gasteiger partial charge in [-0.25, -0.2) is 9.13 Å². The lowest BCUT2D eigenvalue weighted by atomic mass is 10.3. The van der Waals surface area contributed by atoms with Gasteiger partial charge in [-0.05, 0) is 12.8 Å². The highest BCUT2D eigenvalue weighted by Gasteiger charge is 2.07. The molecule has 4 heteroatoms. The third-order valence-corrected chi connectivity index (χ3v) is 2.18. The molecule has 1 heterocycles. The molecule has 0 saturated carbocycles. The molecule has 0 amide bonds. The average Bonchev–Trinajstić information content (AvgIpc) is 2.35. The molecule has 0 saturated heterocycles. The number of carboxylic acid groups (broad SMARTS) is 1. The van der Waals surface area contributed by atoms with Crippen LogP contribution in [0.1, 0.15) is 18.7 Å². The maximum Gasteiger partial charge on any atom is 0.253 e. The molecule has 72 valence electrons. The number of aryl methyl sites for hydroxylation is 2. The molecule has 0 aliphatic heterocycles. The molecule has 0 radical (unpaired) electrons. The third kappa shape index (κ3) is 2.57.